The van der Waals surface area contributed by atoms with Gasteiger partial charge in [0.05, 0.1) is 16.4 Å². The molecule has 3 heteroatoms. The number of hydrogen-bond donors (Lipinski definition) is 0. The summed E-state index contributed by atoms with van der Waals surface area (Å²) in [5, 5.41) is 7.27. The van der Waals surface area contributed by atoms with Gasteiger partial charge < -0.3 is 8.98 Å². The molecule has 0 aliphatic rings. The fourth-order valence-electron chi connectivity index (χ4n) is 8.05. The van der Waals surface area contributed by atoms with Crippen LogP contribution in [0.5, 0.6) is 0 Å². The largest absolute Gasteiger partial charge is 0.455 e. The van der Waals surface area contributed by atoms with Gasteiger partial charge in [-0.1, -0.05) is 140 Å². The monoisotopic (exact) mass is 667 g/mol. The molecule has 0 fully saturated rings. The number of rotatable bonds is 4. The highest BCUT2D eigenvalue weighted by Crippen LogP contribution is 2.45. The van der Waals surface area contributed by atoms with Crippen molar-refractivity contribution < 1.29 is 4.42 Å². The average molecular weight is 668 g/mol. The molecular formula is C48H29NOS. The van der Waals surface area contributed by atoms with Gasteiger partial charge in [0.15, 0.2) is 0 Å². The van der Waals surface area contributed by atoms with Crippen molar-refractivity contribution in [2.75, 3.05) is 0 Å². The molecule has 0 spiro atoms. The van der Waals surface area contributed by atoms with Crippen LogP contribution in [0.3, 0.4) is 0 Å². The van der Waals surface area contributed by atoms with E-state index in [4.69, 9.17) is 4.42 Å². The summed E-state index contributed by atoms with van der Waals surface area (Å²) in [5.74, 6) is 0. The van der Waals surface area contributed by atoms with Crippen molar-refractivity contribution in [1.82, 2.24) is 4.57 Å². The molecule has 238 valence electrons. The van der Waals surface area contributed by atoms with E-state index in [-0.39, 0.29) is 0 Å². The van der Waals surface area contributed by atoms with Crippen molar-refractivity contribution in [1.29, 1.82) is 0 Å². The molecule has 0 N–H and O–H groups in total. The molecule has 2 nitrogen and oxygen atoms in total. The number of hydrogen-bond acceptors (Lipinski definition) is 2. The molecule has 8 aromatic carbocycles. The van der Waals surface area contributed by atoms with Crippen LogP contribution in [0.15, 0.2) is 180 Å². The van der Waals surface area contributed by atoms with Crippen molar-refractivity contribution in [3.8, 4) is 39.1 Å². The summed E-state index contributed by atoms with van der Waals surface area (Å²) in [6, 6.07) is 63.5. The number of furan rings is 1. The van der Waals surface area contributed by atoms with Gasteiger partial charge in [-0.25, -0.2) is 0 Å². The maximum atomic E-state index is 6.51. The van der Waals surface area contributed by atoms with Crippen LogP contribution in [0.4, 0.5) is 0 Å². The summed E-state index contributed by atoms with van der Waals surface area (Å²) < 4.78 is 11.5. The Hall–Kier alpha value is -6.42. The Morgan fingerprint density at radius 2 is 0.941 bits per heavy atom. The van der Waals surface area contributed by atoms with Crippen LogP contribution in [0.1, 0.15) is 0 Å². The zero-order chi connectivity index (χ0) is 33.5. The molecule has 11 rings (SSSR count). The molecule has 0 atom stereocenters. The fourth-order valence-corrected chi connectivity index (χ4v) is 9.42. The lowest BCUT2D eigenvalue weighted by Gasteiger charge is -2.10. The first kappa shape index (κ1) is 28.4. The smallest absolute Gasteiger partial charge is 0.145 e. The van der Waals surface area contributed by atoms with E-state index in [1.807, 2.05) is 17.4 Å². The Kier molecular flexibility index (Phi) is 6.16. The third-order valence-corrected chi connectivity index (χ3v) is 11.7. The summed E-state index contributed by atoms with van der Waals surface area (Å²) in [7, 11) is 0. The topological polar surface area (TPSA) is 18.1 Å². The highest BCUT2D eigenvalue weighted by atomic mass is 32.1. The second-order valence-corrected chi connectivity index (χ2v) is 14.3. The van der Waals surface area contributed by atoms with Gasteiger partial charge in [-0.2, -0.15) is 0 Å². The number of aromatic nitrogens is 1. The molecule has 0 bridgehead atoms. The van der Waals surface area contributed by atoms with Crippen LogP contribution < -0.4 is 0 Å². The molecule has 51 heavy (non-hydrogen) atoms. The lowest BCUT2D eigenvalue weighted by Crippen LogP contribution is -1.93. The number of benzene rings is 8. The predicted molar refractivity (Wildman–Crippen MR) is 217 cm³/mol. The quantitative estimate of drug-likeness (QED) is 0.183. The number of nitrogens with zero attached hydrogens (tertiary/aromatic N) is 1. The highest BCUT2D eigenvalue weighted by Gasteiger charge is 2.19. The van der Waals surface area contributed by atoms with E-state index in [9.17, 15) is 0 Å². The molecule has 3 heterocycles. The van der Waals surface area contributed by atoms with Crippen molar-refractivity contribution in [3.05, 3.63) is 176 Å². The molecule has 0 unspecified atom stereocenters. The van der Waals surface area contributed by atoms with E-state index in [1.165, 1.54) is 64.5 Å². The first-order valence-electron chi connectivity index (χ1n) is 17.3. The third kappa shape index (κ3) is 4.29. The molecule has 0 aliphatic heterocycles. The minimum absolute atomic E-state index is 0.921. The first-order chi connectivity index (χ1) is 25.3. The number of para-hydroxylation sites is 2. The average Bonchev–Trinajstić information content (AvgIpc) is 3.88. The van der Waals surface area contributed by atoms with E-state index in [2.05, 4.69) is 174 Å². The summed E-state index contributed by atoms with van der Waals surface area (Å²) >= 11 is 1.90. The van der Waals surface area contributed by atoms with E-state index >= 15 is 0 Å². The summed E-state index contributed by atoms with van der Waals surface area (Å²) in [6.07, 6.45) is 0. The van der Waals surface area contributed by atoms with E-state index in [0.717, 1.165) is 38.5 Å². The van der Waals surface area contributed by atoms with Crippen LogP contribution in [-0.4, -0.2) is 4.57 Å². The van der Waals surface area contributed by atoms with Gasteiger partial charge in [0.2, 0.25) is 0 Å². The fraction of sp³-hybridized carbons (Fsp3) is 0. The third-order valence-electron chi connectivity index (χ3n) is 10.4. The van der Waals surface area contributed by atoms with Gasteiger partial charge in [0.25, 0.3) is 0 Å². The Labute approximate surface area is 298 Å². The van der Waals surface area contributed by atoms with Crippen molar-refractivity contribution in [2.45, 2.75) is 0 Å². The zero-order valence-electron chi connectivity index (χ0n) is 27.5. The van der Waals surface area contributed by atoms with E-state index < -0.39 is 0 Å². The van der Waals surface area contributed by atoms with Gasteiger partial charge in [-0.3, -0.25) is 0 Å². The number of thiophene rings is 1. The predicted octanol–water partition coefficient (Wildman–Crippen LogP) is 14.1. The SMILES string of the molecule is c1ccc(-c2ccc(-c3cccc4c3sc3c(-c5ccc(-n6c7ccccc7c7c8oc9ccccc9c8ccc76)cc5)cccc34)cc2)cc1. The van der Waals surface area contributed by atoms with Crippen LogP contribution >= 0.6 is 11.3 Å². The van der Waals surface area contributed by atoms with Crippen LogP contribution in [0.25, 0.3) is 103 Å². The molecule has 0 saturated carbocycles. The van der Waals surface area contributed by atoms with Crippen molar-refractivity contribution in [2.24, 2.45) is 0 Å². The molecule has 0 radical (unpaired) electrons. The minimum Gasteiger partial charge on any atom is -0.455 e. The van der Waals surface area contributed by atoms with E-state index in [1.54, 1.807) is 0 Å². The second kappa shape index (κ2) is 11.0. The first-order valence-corrected chi connectivity index (χ1v) is 18.2. The van der Waals surface area contributed by atoms with Gasteiger partial charge >= 0.3 is 0 Å². The molecule has 3 aromatic heterocycles. The summed E-state index contributed by atoms with van der Waals surface area (Å²) in [6.45, 7) is 0. The van der Waals surface area contributed by atoms with E-state index in [0.29, 0.717) is 0 Å². The number of fused-ring (bicyclic) bond motifs is 10. The van der Waals surface area contributed by atoms with Gasteiger partial charge in [-0.15, -0.1) is 11.3 Å². The Balaban J connectivity index is 1.03. The molecule has 0 aliphatic carbocycles. The Morgan fingerprint density at radius 3 is 1.67 bits per heavy atom. The summed E-state index contributed by atoms with van der Waals surface area (Å²) in [5.41, 5.74) is 12.8. The second-order valence-electron chi connectivity index (χ2n) is 13.2. The van der Waals surface area contributed by atoms with Crippen LogP contribution in [0.2, 0.25) is 0 Å². The Morgan fingerprint density at radius 1 is 0.373 bits per heavy atom. The molecule has 11 aromatic rings. The standard InChI is InChI=1S/C48H29NOS/c1-2-10-30(11-3-1)31-20-22-32(23-21-31)35-14-8-16-39-40-17-9-15-36(48(40)51-47(35)39)33-24-26-34(27-25-33)49-42-18-6-4-13-41(42)45-43(49)29-28-38-37-12-5-7-19-44(37)50-46(38)45/h1-29H. The lowest BCUT2D eigenvalue weighted by atomic mass is 9.98. The van der Waals surface area contributed by atoms with Crippen molar-refractivity contribution in [3.63, 3.8) is 0 Å². The lowest BCUT2D eigenvalue weighted by molar-refractivity contribution is 0.673. The normalized spacial score (nSPS) is 11.9. The Bertz CT molecular complexity index is 3110. The van der Waals surface area contributed by atoms with Crippen LogP contribution in [0, 0.1) is 0 Å². The highest BCUT2D eigenvalue weighted by molar-refractivity contribution is 7.26. The van der Waals surface area contributed by atoms with Crippen LogP contribution in [-0.2, 0) is 0 Å². The van der Waals surface area contributed by atoms with Gasteiger partial charge in [-0.05, 0) is 69.8 Å². The summed E-state index contributed by atoms with van der Waals surface area (Å²) in [4.78, 5) is 0. The molecular weight excluding hydrogens is 639 g/mol. The zero-order valence-corrected chi connectivity index (χ0v) is 28.3. The molecule has 0 amide bonds. The maximum Gasteiger partial charge on any atom is 0.145 e. The minimum atomic E-state index is 0.921. The van der Waals surface area contributed by atoms with Gasteiger partial charge in [0, 0.05) is 42.0 Å². The molecule has 0 saturated heterocycles. The maximum absolute atomic E-state index is 6.51. The van der Waals surface area contributed by atoms with Gasteiger partial charge in [0.1, 0.15) is 11.2 Å². The van der Waals surface area contributed by atoms with Crippen molar-refractivity contribution >= 4 is 75.3 Å².